The lowest BCUT2D eigenvalue weighted by molar-refractivity contribution is 0.691. The van der Waals surface area contributed by atoms with Crippen molar-refractivity contribution in [3.63, 3.8) is 0 Å². The van der Waals surface area contributed by atoms with Gasteiger partial charge in [-0.05, 0) is 29.5 Å². The fourth-order valence-electron chi connectivity index (χ4n) is 2.29. The molecule has 0 saturated heterocycles. The maximum absolute atomic E-state index is 4.26. The molecule has 0 saturated carbocycles. The number of hydrogen-bond acceptors (Lipinski definition) is 3. The third-order valence-electron chi connectivity index (χ3n) is 3.71. The van der Waals surface area contributed by atoms with E-state index in [4.69, 9.17) is 0 Å². The van der Waals surface area contributed by atoms with E-state index >= 15 is 0 Å². The summed E-state index contributed by atoms with van der Waals surface area (Å²) in [6.45, 7) is 3.85. The summed E-state index contributed by atoms with van der Waals surface area (Å²) in [4.78, 5) is 1.36. The summed E-state index contributed by atoms with van der Waals surface area (Å²) in [7, 11) is 1.98. The van der Waals surface area contributed by atoms with Gasteiger partial charge in [-0.25, -0.2) is 0 Å². The molecule has 0 radical (unpaired) electrons. The molecule has 0 aliphatic rings. The minimum atomic E-state index is 0.859. The Bertz CT molecular complexity index is 713. The topological polar surface area (TPSA) is 29.9 Å². The van der Waals surface area contributed by atoms with Crippen LogP contribution in [0.3, 0.4) is 0 Å². The zero-order valence-corrected chi connectivity index (χ0v) is 13.2. The summed E-state index contributed by atoms with van der Waals surface area (Å²) in [5.74, 6) is 0. The van der Waals surface area contributed by atoms with Crippen molar-refractivity contribution in [2.75, 3.05) is 0 Å². The number of rotatable bonds is 5. The second-order valence-corrected chi connectivity index (χ2v) is 6.15. The fraction of sp³-hybridized carbons (Fsp3) is 0.235. The monoisotopic (exact) mass is 297 g/mol. The van der Waals surface area contributed by atoms with Crippen molar-refractivity contribution >= 4 is 11.3 Å². The predicted molar refractivity (Wildman–Crippen MR) is 88.2 cm³/mol. The van der Waals surface area contributed by atoms with Gasteiger partial charge in [0.2, 0.25) is 0 Å². The maximum Gasteiger partial charge on any atom is 0.0537 e. The van der Waals surface area contributed by atoms with Crippen LogP contribution in [0.15, 0.2) is 48.0 Å². The van der Waals surface area contributed by atoms with Crippen LogP contribution in [-0.4, -0.2) is 9.78 Å². The van der Waals surface area contributed by atoms with Gasteiger partial charge in [0.05, 0.1) is 6.20 Å². The van der Waals surface area contributed by atoms with Gasteiger partial charge in [-0.15, -0.1) is 11.3 Å². The largest absolute Gasteiger partial charge is 0.308 e. The molecular weight excluding hydrogens is 278 g/mol. The zero-order valence-electron chi connectivity index (χ0n) is 12.3. The minimum absolute atomic E-state index is 0.859. The Morgan fingerprint density at radius 3 is 2.67 bits per heavy atom. The van der Waals surface area contributed by atoms with Gasteiger partial charge >= 0.3 is 0 Å². The van der Waals surface area contributed by atoms with E-state index in [0.29, 0.717) is 0 Å². The summed E-state index contributed by atoms with van der Waals surface area (Å²) >= 11 is 1.81. The molecule has 3 aromatic rings. The van der Waals surface area contributed by atoms with E-state index in [1.807, 2.05) is 17.9 Å². The van der Waals surface area contributed by atoms with E-state index in [1.165, 1.54) is 27.3 Å². The van der Waals surface area contributed by atoms with Gasteiger partial charge < -0.3 is 5.32 Å². The lowest BCUT2D eigenvalue weighted by Crippen LogP contribution is -2.12. The van der Waals surface area contributed by atoms with Crippen molar-refractivity contribution in [3.05, 3.63) is 64.1 Å². The maximum atomic E-state index is 4.26. The molecule has 0 atom stereocenters. The molecule has 3 nitrogen and oxygen atoms in total. The number of nitrogens with zero attached hydrogens (tertiary/aromatic N) is 2. The summed E-state index contributed by atoms with van der Waals surface area (Å²) in [5.41, 5.74) is 5.06. The average Bonchev–Trinajstić information content (AvgIpc) is 3.10. The Hall–Kier alpha value is -1.91. The van der Waals surface area contributed by atoms with Gasteiger partial charge in [0.25, 0.3) is 0 Å². The standard InChI is InChI=1S/C17H19N3S/c1-13-16(10-19-20(13)2)9-18-11-17-8-15(12-21-17)14-6-4-3-5-7-14/h3-8,10,12,18H,9,11H2,1-2H3. The number of thiophene rings is 1. The smallest absolute Gasteiger partial charge is 0.0537 e. The molecule has 0 aliphatic heterocycles. The highest BCUT2D eigenvalue weighted by Crippen LogP contribution is 2.25. The third-order valence-corrected chi connectivity index (χ3v) is 4.65. The van der Waals surface area contributed by atoms with E-state index < -0.39 is 0 Å². The van der Waals surface area contributed by atoms with E-state index in [2.05, 4.69) is 59.1 Å². The Morgan fingerprint density at radius 1 is 1.14 bits per heavy atom. The number of nitrogens with one attached hydrogen (secondary N) is 1. The van der Waals surface area contributed by atoms with Crippen LogP contribution in [0.4, 0.5) is 0 Å². The lowest BCUT2D eigenvalue weighted by Gasteiger charge is -2.02. The fourth-order valence-corrected chi connectivity index (χ4v) is 3.16. The first-order chi connectivity index (χ1) is 10.2. The van der Waals surface area contributed by atoms with Crippen LogP contribution in [-0.2, 0) is 20.1 Å². The van der Waals surface area contributed by atoms with Crippen molar-refractivity contribution in [3.8, 4) is 11.1 Å². The van der Waals surface area contributed by atoms with Crippen LogP contribution in [0.1, 0.15) is 16.1 Å². The quantitative estimate of drug-likeness (QED) is 0.777. The van der Waals surface area contributed by atoms with Gasteiger partial charge in [0.1, 0.15) is 0 Å². The first-order valence-corrected chi connectivity index (χ1v) is 7.93. The van der Waals surface area contributed by atoms with Crippen LogP contribution >= 0.6 is 11.3 Å². The Labute approximate surface area is 129 Å². The van der Waals surface area contributed by atoms with Gasteiger partial charge in [-0.3, -0.25) is 4.68 Å². The van der Waals surface area contributed by atoms with Gasteiger partial charge in [-0.2, -0.15) is 5.10 Å². The SMILES string of the molecule is Cc1c(CNCc2cc(-c3ccccc3)cs2)cnn1C. The normalized spacial score (nSPS) is 11.0. The minimum Gasteiger partial charge on any atom is -0.308 e. The Morgan fingerprint density at radius 2 is 1.95 bits per heavy atom. The summed E-state index contributed by atoms with van der Waals surface area (Å²) in [6.07, 6.45) is 1.94. The highest BCUT2D eigenvalue weighted by Gasteiger charge is 2.05. The molecule has 108 valence electrons. The van der Waals surface area contributed by atoms with Crippen LogP contribution in [0.2, 0.25) is 0 Å². The van der Waals surface area contributed by atoms with Crippen LogP contribution < -0.4 is 5.32 Å². The molecule has 0 spiro atoms. The molecule has 21 heavy (non-hydrogen) atoms. The molecule has 0 bridgehead atoms. The van der Waals surface area contributed by atoms with Gasteiger partial charge in [0, 0.05) is 36.3 Å². The van der Waals surface area contributed by atoms with E-state index in [-0.39, 0.29) is 0 Å². The molecule has 2 aromatic heterocycles. The molecule has 1 N–H and O–H groups in total. The zero-order chi connectivity index (χ0) is 14.7. The van der Waals surface area contributed by atoms with Crippen molar-refractivity contribution in [1.82, 2.24) is 15.1 Å². The number of hydrogen-bond donors (Lipinski definition) is 1. The summed E-state index contributed by atoms with van der Waals surface area (Å²) in [5, 5.41) is 9.98. The first-order valence-electron chi connectivity index (χ1n) is 7.05. The van der Waals surface area contributed by atoms with E-state index in [1.54, 1.807) is 11.3 Å². The highest BCUT2D eigenvalue weighted by atomic mass is 32.1. The third kappa shape index (κ3) is 3.23. The van der Waals surface area contributed by atoms with Crippen LogP contribution in [0.25, 0.3) is 11.1 Å². The number of benzene rings is 1. The molecule has 0 aliphatic carbocycles. The highest BCUT2D eigenvalue weighted by molar-refractivity contribution is 7.10. The number of aryl methyl sites for hydroxylation is 1. The van der Waals surface area contributed by atoms with E-state index in [9.17, 15) is 0 Å². The second-order valence-electron chi connectivity index (χ2n) is 5.15. The predicted octanol–water partition coefficient (Wildman–Crippen LogP) is 3.75. The number of aromatic nitrogens is 2. The molecule has 4 heteroatoms. The molecular formula is C17H19N3S. The average molecular weight is 297 g/mol. The first kappa shape index (κ1) is 14.0. The Balaban J connectivity index is 1.59. The second kappa shape index (κ2) is 6.24. The van der Waals surface area contributed by atoms with Gasteiger partial charge in [-0.1, -0.05) is 30.3 Å². The molecule has 0 unspecified atom stereocenters. The van der Waals surface area contributed by atoms with Crippen LogP contribution in [0, 0.1) is 6.92 Å². The van der Waals surface area contributed by atoms with E-state index in [0.717, 1.165) is 13.1 Å². The molecule has 0 amide bonds. The molecule has 2 heterocycles. The molecule has 0 fully saturated rings. The molecule has 3 rings (SSSR count). The lowest BCUT2D eigenvalue weighted by atomic mass is 10.1. The Kier molecular flexibility index (Phi) is 4.18. The van der Waals surface area contributed by atoms with Crippen molar-refractivity contribution in [1.29, 1.82) is 0 Å². The summed E-state index contributed by atoms with van der Waals surface area (Å²) < 4.78 is 1.91. The van der Waals surface area contributed by atoms with Crippen LogP contribution in [0.5, 0.6) is 0 Å². The summed E-state index contributed by atoms with van der Waals surface area (Å²) in [6, 6.07) is 12.8. The van der Waals surface area contributed by atoms with Gasteiger partial charge in [0.15, 0.2) is 0 Å². The molecule has 1 aromatic carbocycles. The van der Waals surface area contributed by atoms with Crippen molar-refractivity contribution in [2.24, 2.45) is 7.05 Å². The van der Waals surface area contributed by atoms with Crippen molar-refractivity contribution < 1.29 is 0 Å². The van der Waals surface area contributed by atoms with Crippen molar-refractivity contribution in [2.45, 2.75) is 20.0 Å².